The second kappa shape index (κ2) is 5.00. The van der Waals surface area contributed by atoms with Crippen LogP contribution in [0.1, 0.15) is 19.3 Å². The number of aliphatic carboxylic acids is 2. The van der Waals surface area contributed by atoms with Gasteiger partial charge in [0.05, 0.1) is 0 Å². The summed E-state index contributed by atoms with van der Waals surface area (Å²) in [5.41, 5.74) is 0. The minimum atomic E-state index is -1.06. The second-order valence-corrected chi connectivity index (χ2v) is 4.05. The summed E-state index contributed by atoms with van der Waals surface area (Å²) in [4.78, 5) is 34.0. The molecule has 2 unspecified atom stereocenters. The molecule has 0 radical (unpaired) electrons. The highest BCUT2D eigenvalue weighted by Crippen LogP contribution is 2.25. The molecule has 0 saturated carbocycles. The highest BCUT2D eigenvalue weighted by atomic mass is 16.4. The van der Waals surface area contributed by atoms with Gasteiger partial charge in [-0.1, -0.05) is 0 Å². The van der Waals surface area contributed by atoms with Crippen LogP contribution in [0.3, 0.4) is 0 Å². The molecule has 0 aromatic rings. The van der Waals surface area contributed by atoms with Crippen molar-refractivity contribution >= 4 is 25.6 Å². The number of carbonyl (C=O) groups excluding carboxylic acids is 1. The molecule has 2 N–H and O–H groups in total. The molecule has 7 heteroatoms. The Bertz CT molecular complexity index is 319. The monoisotopic (exact) mass is 227 g/mol. The van der Waals surface area contributed by atoms with Crippen molar-refractivity contribution in [1.82, 2.24) is 4.90 Å². The van der Waals surface area contributed by atoms with Gasteiger partial charge >= 0.3 is 11.9 Å². The van der Waals surface area contributed by atoms with Crippen LogP contribution in [-0.2, 0) is 9.59 Å². The maximum absolute atomic E-state index is 11.2. The van der Waals surface area contributed by atoms with Gasteiger partial charge in [-0.05, 0) is 18.8 Å². The van der Waals surface area contributed by atoms with Crippen LogP contribution in [0.5, 0.6) is 0 Å². The van der Waals surface area contributed by atoms with Crippen LogP contribution in [0.25, 0.3) is 0 Å². The third-order valence-electron chi connectivity index (χ3n) is 2.86. The molecule has 1 aliphatic rings. The van der Waals surface area contributed by atoms with Crippen molar-refractivity contribution in [3.05, 3.63) is 0 Å². The number of amides is 1. The zero-order chi connectivity index (χ0) is 12.3. The van der Waals surface area contributed by atoms with Crippen LogP contribution in [0.4, 0.5) is 4.79 Å². The third kappa shape index (κ3) is 2.98. The van der Waals surface area contributed by atoms with E-state index in [-0.39, 0.29) is 24.6 Å². The number of piperidine rings is 1. The Morgan fingerprint density at radius 3 is 2.38 bits per heavy atom. The Hall–Kier alpha value is -1.53. The largest absolute Gasteiger partial charge is 0.481 e. The van der Waals surface area contributed by atoms with Crippen molar-refractivity contribution in [2.75, 3.05) is 6.54 Å². The van der Waals surface area contributed by atoms with Crippen molar-refractivity contribution in [3.63, 3.8) is 0 Å². The van der Waals surface area contributed by atoms with Gasteiger partial charge in [0.1, 0.15) is 6.04 Å². The Balaban J connectivity index is 2.68. The zero-order valence-corrected chi connectivity index (χ0v) is 9.05. The Labute approximate surface area is 93.6 Å². The molecule has 88 valence electrons. The zero-order valence-electron chi connectivity index (χ0n) is 9.05. The summed E-state index contributed by atoms with van der Waals surface area (Å²) in [5, 5.41) is 17.6. The number of carboxylic acids is 2. The van der Waals surface area contributed by atoms with Gasteiger partial charge in [-0.3, -0.25) is 9.59 Å². The number of nitrogens with zero attached hydrogens (tertiary/aromatic N) is 1. The predicted molar refractivity (Wildman–Crippen MR) is 57.0 cm³/mol. The standard InChI is InChI=1S/C9H14BNO5/c10-9(16)11-2-1-5(4-7(12)13)3-6(11)8(14)15/h5-6H,1-4,10H2,(H,12,13)(H,14,15). The maximum Gasteiger partial charge on any atom is 0.326 e. The lowest BCUT2D eigenvalue weighted by Gasteiger charge is -2.36. The van der Waals surface area contributed by atoms with Crippen molar-refractivity contribution in [2.45, 2.75) is 25.3 Å². The Kier molecular flexibility index (Phi) is 3.92. The van der Waals surface area contributed by atoms with Gasteiger partial charge in [0.2, 0.25) is 7.85 Å². The predicted octanol–water partition coefficient (Wildman–Crippen LogP) is -0.621. The highest BCUT2D eigenvalue weighted by molar-refractivity contribution is 6.57. The van der Waals surface area contributed by atoms with E-state index < -0.39 is 18.0 Å². The van der Waals surface area contributed by atoms with E-state index in [0.29, 0.717) is 13.0 Å². The van der Waals surface area contributed by atoms with Gasteiger partial charge in [-0.2, -0.15) is 0 Å². The Morgan fingerprint density at radius 1 is 1.31 bits per heavy atom. The number of carboxylic acid groups (broad SMARTS) is 2. The average Bonchev–Trinajstić information content (AvgIpc) is 2.16. The van der Waals surface area contributed by atoms with Crippen molar-refractivity contribution in [2.24, 2.45) is 5.92 Å². The van der Waals surface area contributed by atoms with E-state index in [4.69, 9.17) is 10.2 Å². The molecule has 0 bridgehead atoms. The quantitative estimate of drug-likeness (QED) is 0.626. The Morgan fingerprint density at radius 2 is 1.94 bits per heavy atom. The van der Waals surface area contributed by atoms with Crippen LogP contribution >= 0.6 is 0 Å². The molecule has 0 aromatic heterocycles. The molecular formula is C9H14BNO5. The number of hydrogen-bond donors (Lipinski definition) is 2. The van der Waals surface area contributed by atoms with E-state index in [1.807, 2.05) is 0 Å². The molecule has 0 aromatic carbocycles. The molecule has 0 aliphatic carbocycles. The lowest BCUT2D eigenvalue weighted by atomic mass is 9.87. The second-order valence-electron chi connectivity index (χ2n) is 4.05. The van der Waals surface area contributed by atoms with Crippen molar-refractivity contribution in [1.29, 1.82) is 0 Å². The highest BCUT2D eigenvalue weighted by Gasteiger charge is 2.35. The normalized spacial score (nSPS) is 25.1. The molecule has 1 saturated heterocycles. The molecule has 1 amide bonds. The summed E-state index contributed by atoms with van der Waals surface area (Å²) in [6, 6.07) is -0.879. The first-order valence-corrected chi connectivity index (χ1v) is 5.13. The minimum Gasteiger partial charge on any atom is -0.481 e. The molecule has 0 spiro atoms. The smallest absolute Gasteiger partial charge is 0.326 e. The van der Waals surface area contributed by atoms with Crippen molar-refractivity contribution < 1.29 is 24.6 Å². The molecule has 2 atom stereocenters. The van der Waals surface area contributed by atoms with Gasteiger partial charge in [0.25, 0.3) is 0 Å². The number of likely N-dealkylation sites (tertiary alicyclic amines) is 1. The van der Waals surface area contributed by atoms with Gasteiger partial charge in [0.15, 0.2) is 5.81 Å². The van der Waals surface area contributed by atoms with E-state index in [9.17, 15) is 14.4 Å². The van der Waals surface area contributed by atoms with Gasteiger partial charge < -0.3 is 15.1 Å². The summed E-state index contributed by atoms with van der Waals surface area (Å²) in [7, 11) is 1.33. The summed E-state index contributed by atoms with van der Waals surface area (Å²) >= 11 is 0. The fourth-order valence-corrected chi connectivity index (χ4v) is 2.08. The van der Waals surface area contributed by atoms with Crippen LogP contribution in [0.2, 0.25) is 0 Å². The third-order valence-corrected chi connectivity index (χ3v) is 2.86. The first kappa shape index (κ1) is 12.5. The first-order chi connectivity index (χ1) is 7.41. The molecular weight excluding hydrogens is 213 g/mol. The van der Waals surface area contributed by atoms with Gasteiger partial charge in [0, 0.05) is 13.0 Å². The first-order valence-electron chi connectivity index (χ1n) is 5.13. The van der Waals surface area contributed by atoms with Gasteiger partial charge in [-0.15, -0.1) is 0 Å². The molecule has 1 fully saturated rings. The number of hydrogen-bond acceptors (Lipinski definition) is 3. The molecule has 6 nitrogen and oxygen atoms in total. The van der Waals surface area contributed by atoms with E-state index in [2.05, 4.69) is 0 Å². The van der Waals surface area contributed by atoms with Crippen LogP contribution in [0, 0.1) is 5.92 Å². The summed E-state index contributed by atoms with van der Waals surface area (Å²) in [5.74, 6) is -2.42. The minimum absolute atomic E-state index is 0.0322. The summed E-state index contributed by atoms with van der Waals surface area (Å²) in [6.07, 6.45) is 0.742. The maximum atomic E-state index is 11.2. The average molecular weight is 227 g/mol. The SMILES string of the molecule is BC(=O)N1CCC(CC(=O)O)CC1C(=O)O. The van der Waals surface area contributed by atoms with Crippen LogP contribution in [-0.4, -0.2) is 53.3 Å². The molecule has 1 rings (SSSR count). The summed E-state index contributed by atoms with van der Waals surface area (Å²) < 4.78 is 0. The van der Waals surface area contributed by atoms with Gasteiger partial charge in [-0.25, -0.2) is 4.79 Å². The fourth-order valence-electron chi connectivity index (χ4n) is 2.08. The summed E-state index contributed by atoms with van der Waals surface area (Å²) in [6.45, 7) is 0.324. The molecule has 16 heavy (non-hydrogen) atoms. The van der Waals surface area contributed by atoms with E-state index in [1.54, 1.807) is 0 Å². The van der Waals surface area contributed by atoms with Crippen LogP contribution < -0.4 is 0 Å². The number of carbonyl (C=O) groups is 3. The van der Waals surface area contributed by atoms with E-state index in [1.165, 1.54) is 12.7 Å². The lowest BCUT2D eigenvalue weighted by Crippen LogP contribution is -2.50. The molecule has 1 heterocycles. The molecule has 1 aliphatic heterocycles. The topological polar surface area (TPSA) is 94.9 Å². The van der Waals surface area contributed by atoms with E-state index >= 15 is 0 Å². The fraction of sp³-hybridized carbons (Fsp3) is 0.667. The van der Waals surface area contributed by atoms with E-state index in [0.717, 1.165) is 0 Å². The van der Waals surface area contributed by atoms with Crippen molar-refractivity contribution in [3.8, 4) is 0 Å². The van der Waals surface area contributed by atoms with Crippen LogP contribution in [0.15, 0.2) is 0 Å². The lowest BCUT2D eigenvalue weighted by molar-refractivity contribution is -0.145. The number of rotatable bonds is 3.